The minimum Gasteiger partial charge on any atom is -0.491 e. The maximum absolute atomic E-state index is 15.5. The lowest BCUT2D eigenvalue weighted by Crippen LogP contribution is -2.40. The van der Waals surface area contributed by atoms with E-state index in [1.165, 1.54) is 12.4 Å². The number of hydrogen-bond acceptors (Lipinski definition) is 7. The van der Waals surface area contributed by atoms with Crippen LogP contribution in [0.3, 0.4) is 0 Å². The minimum absolute atomic E-state index is 0.0151. The van der Waals surface area contributed by atoms with Gasteiger partial charge in [0.05, 0.1) is 12.3 Å². The van der Waals surface area contributed by atoms with Gasteiger partial charge in [0.15, 0.2) is 5.67 Å². The van der Waals surface area contributed by atoms with Crippen molar-refractivity contribution >= 4 is 0 Å². The monoisotopic (exact) mass is 397 g/mol. The molecule has 0 N–H and O–H groups in total. The van der Waals surface area contributed by atoms with E-state index in [9.17, 15) is 0 Å². The van der Waals surface area contributed by atoms with Crippen LogP contribution in [0.5, 0.6) is 5.75 Å². The Labute approximate surface area is 168 Å². The quantitative estimate of drug-likeness (QED) is 0.626. The second-order valence-corrected chi connectivity index (χ2v) is 7.53. The fraction of sp³-hybridized carbons (Fsp3) is 0.429. The molecule has 1 aliphatic heterocycles. The molecule has 1 saturated heterocycles. The number of likely N-dealkylation sites (tertiary alicyclic amines) is 1. The molecule has 0 bridgehead atoms. The maximum Gasteiger partial charge on any atom is 0.264 e. The predicted octanol–water partition coefficient (Wildman–Crippen LogP) is 3.77. The summed E-state index contributed by atoms with van der Waals surface area (Å²) in [5, 5.41) is 3.87. The molecule has 1 aromatic carbocycles. The number of ether oxygens (including phenoxy) is 1. The van der Waals surface area contributed by atoms with Crippen LogP contribution < -0.4 is 4.74 Å². The van der Waals surface area contributed by atoms with Crippen LogP contribution in [0.15, 0.2) is 47.4 Å². The minimum atomic E-state index is -1.63. The van der Waals surface area contributed by atoms with E-state index in [-0.39, 0.29) is 17.8 Å². The van der Waals surface area contributed by atoms with Gasteiger partial charge in [0, 0.05) is 50.4 Å². The molecule has 29 heavy (non-hydrogen) atoms. The first-order chi connectivity index (χ1) is 14.0. The molecule has 0 unspecified atom stereocenters. The van der Waals surface area contributed by atoms with Gasteiger partial charge in [-0.05, 0) is 19.9 Å². The molecule has 1 aliphatic rings. The van der Waals surface area contributed by atoms with Crippen LogP contribution in [-0.2, 0) is 12.2 Å². The van der Waals surface area contributed by atoms with Gasteiger partial charge in [-0.25, -0.2) is 9.37 Å². The number of aromatic nitrogens is 4. The molecule has 0 saturated carbocycles. The van der Waals surface area contributed by atoms with Crippen molar-refractivity contribution in [2.24, 2.45) is 0 Å². The molecule has 0 aliphatic carbocycles. The first kappa shape index (κ1) is 19.4. The number of nitrogens with zero attached hydrogens (tertiary/aromatic N) is 5. The number of piperidine rings is 1. The Morgan fingerprint density at radius 2 is 2.00 bits per heavy atom. The number of halogens is 1. The third-order valence-electron chi connectivity index (χ3n) is 4.98. The fourth-order valence-corrected chi connectivity index (χ4v) is 3.45. The Hall–Kier alpha value is -2.87. The molecule has 0 amide bonds. The Bertz CT molecular complexity index is 939. The van der Waals surface area contributed by atoms with Crippen molar-refractivity contribution in [1.29, 1.82) is 0 Å². The van der Waals surface area contributed by atoms with Crippen molar-refractivity contribution in [3.8, 4) is 17.3 Å². The van der Waals surface area contributed by atoms with Crippen molar-refractivity contribution in [3.05, 3.63) is 54.3 Å². The zero-order chi connectivity index (χ0) is 20.3. The molecular formula is C21H24FN5O2. The molecule has 3 aromatic rings. The lowest BCUT2D eigenvalue weighted by Gasteiger charge is -2.34. The second-order valence-electron chi connectivity index (χ2n) is 7.53. The topological polar surface area (TPSA) is 77.2 Å². The molecule has 4 rings (SSSR count). The first-order valence-electron chi connectivity index (χ1n) is 9.80. The summed E-state index contributed by atoms with van der Waals surface area (Å²) in [6, 6.07) is 8.00. The highest BCUT2D eigenvalue weighted by molar-refractivity contribution is 5.45. The summed E-state index contributed by atoms with van der Waals surface area (Å²) in [7, 11) is 0. The molecule has 0 atom stereocenters. The molecule has 8 heteroatoms. The Morgan fingerprint density at radius 1 is 1.21 bits per heavy atom. The molecule has 3 heterocycles. The summed E-state index contributed by atoms with van der Waals surface area (Å²) in [6.45, 7) is 5.92. The molecule has 2 aromatic heterocycles. The summed E-state index contributed by atoms with van der Waals surface area (Å²) < 4.78 is 26.6. The molecule has 1 fully saturated rings. The van der Waals surface area contributed by atoms with Crippen LogP contribution in [0.25, 0.3) is 11.5 Å². The van der Waals surface area contributed by atoms with Crippen LogP contribution in [0.4, 0.5) is 4.39 Å². The maximum atomic E-state index is 15.5. The summed E-state index contributed by atoms with van der Waals surface area (Å²) in [6.07, 6.45) is 5.32. The third-order valence-corrected chi connectivity index (χ3v) is 4.98. The molecule has 7 nitrogen and oxygen atoms in total. The van der Waals surface area contributed by atoms with E-state index in [0.717, 1.165) is 11.3 Å². The summed E-state index contributed by atoms with van der Waals surface area (Å²) in [5.74, 6) is 1.15. The van der Waals surface area contributed by atoms with E-state index in [2.05, 4.69) is 31.1 Å². The summed E-state index contributed by atoms with van der Waals surface area (Å²) in [4.78, 5) is 14.6. The van der Waals surface area contributed by atoms with Crippen molar-refractivity contribution in [1.82, 2.24) is 25.0 Å². The van der Waals surface area contributed by atoms with E-state index < -0.39 is 5.67 Å². The average molecular weight is 397 g/mol. The zero-order valence-electron chi connectivity index (χ0n) is 16.6. The van der Waals surface area contributed by atoms with Crippen LogP contribution >= 0.6 is 0 Å². The number of para-hydroxylation sites is 1. The van der Waals surface area contributed by atoms with Gasteiger partial charge < -0.3 is 9.26 Å². The highest BCUT2D eigenvalue weighted by Gasteiger charge is 2.41. The van der Waals surface area contributed by atoms with Gasteiger partial charge in [0.1, 0.15) is 11.4 Å². The standard InChI is InChI=1S/C21H24FN5O2/c1-15(2)28-18-6-4-3-5-16(18)14-27-11-7-21(22,8-12-27)20-25-19(26-29-20)17-13-23-9-10-24-17/h3-6,9-10,13,15H,7-8,11-12,14H2,1-2H3. The largest absolute Gasteiger partial charge is 0.491 e. The SMILES string of the molecule is CC(C)Oc1ccccc1CN1CCC(F)(c2nc(-c3cnccn3)no2)CC1. The Kier molecular flexibility index (Phi) is 5.53. The number of alkyl halides is 1. The summed E-state index contributed by atoms with van der Waals surface area (Å²) >= 11 is 0. The average Bonchev–Trinajstić information content (AvgIpc) is 3.23. The van der Waals surface area contributed by atoms with Gasteiger partial charge in [0.2, 0.25) is 5.82 Å². The smallest absolute Gasteiger partial charge is 0.264 e. The van der Waals surface area contributed by atoms with Crippen LogP contribution in [0.2, 0.25) is 0 Å². The number of hydrogen-bond donors (Lipinski definition) is 0. The van der Waals surface area contributed by atoms with Crippen LogP contribution in [0.1, 0.15) is 38.1 Å². The van der Waals surface area contributed by atoms with Crippen molar-refractivity contribution < 1.29 is 13.7 Å². The lowest BCUT2D eigenvalue weighted by molar-refractivity contribution is 0.0246. The van der Waals surface area contributed by atoms with Gasteiger partial charge in [-0.3, -0.25) is 9.88 Å². The second kappa shape index (κ2) is 8.24. The molecule has 152 valence electrons. The van der Waals surface area contributed by atoms with Crippen molar-refractivity contribution in [2.45, 2.75) is 45.0 Å². The molecule has 0 spiro atoms. The molecule has 0 radical (unpaired) electrons. The third kappa shape index (κ3) is 4.42. The first-order valence-corrected chi connectivity index (χ1v) is 9.80. The van der Waals surface area contributed by atoms with E-state index in [4.69, 9.17) is 9.26 Å². The normalized spacial score (nSPS) is 16.8. The Balaban J connectivity index is 1.41. The van der Waals surface area contributed by atoms with E-state index in [1.807, 2.05) is 32.0 Å². The highest BCUT2D eigenvalue weighted by Crippen LogP contribution is 2.37. The van der Waals surface area contributed by atoms with E-state index in [0.29, 0.717) is 38.2 Å². The van der Waals surface area contributed by atoms with Crippen molar-refractivity contribution in [3.63, 3.8) is 0 Å². The number of benzene rings is 1. The van der Waals surface area contributed by atoms with E-state index in [1.54, 1.807) is 6.20 Å². The van der Waals surface area contributed by atoms with Crippen LogP contribution in [0, 0.1) is 0 Å². The van der Waals surface area contributed by atoms with Crippen molar-refractivity contribution in [2.75, 3.05) is 13.1 Å². The van der Waals surface area contributed by atoms with Gasteiger partial charge in [-0.15, -0.1) is 0 Å². The number of rotatable bonds is 6. The van der Waals surface area contributed by atoms with Gasteiger partial charge in [0.25, 0.3) is 5.89 Å². The van der Waals surface area contributed by atoms with E-state index >= 15 is 4.39 Å². The Morgan fingerprint density at radius 3 is 2.72 bits per heavy atom. The molecular weight excluding hydrogens is 373 g/mol. The predicted molar refractivity (Wildman–Crippen MR) is 105 cm³/mol. The summed E-state index contributed by atoms with van der Waals surface area (Å²) in [5.41, 5.74) is -0.0571. The van der Waals surface area contributed by atoms with Gasteiger partial charge >= 0.3 is 0 Å². The van der Waals surface area contributed by atoms with Gasteiger partial charge in [-0.2, -0.15) is 4.98 Å². The van der Waals surface area contributed by atoms with Gasteiger partial charge in [-0.1, -0.05) is 23.4 Å². The zero-order valence-corrected chi connectivity index (χ0v) is 16.6. The lowest BCUT2D eigenvalue weighted by atomic mass is 9.93. The van der Waals surface area contributed by atoms with Crippen LogP contribution in [-0.4, -0.2) is 44.2 Å². The highest BCUT2D eigenvalue weighted by atomic mass is 19.1. The fourth-order valence-electron chi connectivity index (χ4n) is 3.45.